The molecule has 0 saturated heterocycles. The maximum atomic E-state index is 9.14. The van der Waals surface area contributed by atoms with Gasteiger partial charge >= 0.3 is 0 Å². The summed E-state index contributed by atoms with van der Waals surface area (Å²) in [4.78, 5) is 4.74. The molecule has 0 aliphatic carbocycles. The number of hydrogen-bond acceptors (Lipinski definition) is 3. The molecular weight excluding hydrogens is 322 g/mol. The number of aromatic nitrogens is 2. The fraction of sp³-hybridized carbons (Fsp3) is 0.0909. The maximum absolute atomic E-state index is 9.14. The zero-order valence-electron chi connectivity index (χ0n) is 14.2. The molecule has 0 aliphatic rings. The first kappa shape index (κ1) is 15.9. The molecule has 4 aromatic rings. The topological polar surface area (TPSA) is 50.8 Å². The summed E-state index contributed by atoms with van der Waals surface area (Å²) in [5, 5.41) is 9.14. The predicted octanol–water partition coefficient (Wildman–Crippen LogP) is 4.54. The van der Waals surface area contributed by atoms with Gasteiger partial charge in [-0.1, -0.05) is 42.5 Å². The predicted molar refractivity (Wildman–Crippen MR) is 101 cm³/mol. The van der Waals surface area contributed by atoms with Crippen molar-refractivity contribution in [3.05, 3.63) is 95.8 Å². The van der Waals surface area contributed by atoms with Crippen LogP contribution in [0.4, 0.5) is 0 Å². The van der Waals surface area contributed by atoms with Crippen molar-refractivity contribution in [2.75, 3.05) is 0 Å². The van der Waals surface area contributed by atoms with Gasteiger partial charge in [0.1, 0.15) is 18.2 Å². The van der Waals surface area contributed by atoms with Gasteiger partial charge in [0.05, 0.1) is 22.7 Å². The monoisotopic (exact) mass is 339 g/mol. The molecule has 0 aliphatic heterocycles. The van der Waals surface area contributed by atoms with Gasteiger partial charge in [-0.05, 0) is 42.0 Å². The summed E-state index contributed by atoms with van der Waals surface area (Å²) >= 11 is 0. The minimum absolute atomic E-state index is 0.386. The van der Waals surface area contributed by atoms with Gasteiger partial charge in [-0.25, -0.2) is 4.98 Å². The lowest BCUT2D eigenvalue weighted by Gasteiger charge is -2.11. The van der Waals surface area contributed by atoms with Gasteiger partial charge in [-0.15, -0.1) is 0 Å². The number of nitrogens with zero attached hydrogens (tertiary/aromatic N) is 3. The van der Waals surface area contributed by atoms with Crippen LogP contribution in [0, 0.1) is 11.3 Å². The van der Waals surface area contributed by atoms with E-state index in [1.807, 2.05) is 72.8 Å². The van der Waals surface area contributed by atoms with Crippen LogP contribution < -0.4 is 4.74 Å². The Balaban J connectivity index is 1.68. The number of ether oxygens (including phenoxy) is 1. The summed E-state index contributed by atoms with van der Waals surface area (Å²) in [5.41, 5.74) is 3.72. The van der Waals surface area contributed by atoms with Crippen LogP contribution in [0.5, 0.6) is 5.75 Å². The molecule has 4 rings (SSSR count). The zero-order chi connectivity index (χ0) is 17.8. The largest absolute Gasteiger partial charge is 0.486 e. The molecule has 1 aromatic heterocycles. The molecule has 1 heterocycles. The minimum atomic E-state index is 0.386. The van der Waals surface area contributed by atoms with E-state index < -0.39 is 0 Å². The third-order valence-electron chi connectivity index (χ3n) is 4.24. The van der Waals surface area contributed by atoms with E-state index in [0.29, 0.717) is 18.7 Å². The first-order valence-corrected chi connectivity index (χ1v) is 8.44. The molecule has 0 amide bonds. The third-order valence-corrected chi connectivity index (χ3v) is 4.24. The molecule has 4 heteroatoms. The van der Waals surface area contributed by atoms with Gasteiger partial charge in [-0.3, -0.25) is 0 Å². The summed E-state index contributed by atoms with van der Waals surface area (Å²) in [5.74, 6) is 1.68. The Morgan fingerprint density at radius 1 is 0.923 bits per heavy atom. The van der Waals surface area contributed by atoms with Crippen LogP contribution in [0.1, 0.15) is 17.0 Å². The van der Waals surface area contributed by atoms with Crippen LogP contribution in [0.3, 0.4) is 0 Å². The van der Waals surface area contributed by atoms with E-state index in [2.05, 4.69) is 16.7 Å². The van der Waals surface area contributed by atoms with E-state index in [1.54, 1.807) is 0 Å². The van der Waals surface area contributed by atoms with Crippen LogP contribution in [-0.4, -0.2) is 9.55 Å². The Morgan fingerprint density at radius 2 is 1.73 bits per heavy atom. The van der Waals surface area contributed by atoms with Gasteiger partial charge < -0.3 is 9.30 Å². The molecule has 0 bridgehead atoms. The van der Waals surface area contributed by atoms with E-state index in [4.69, 9.17) is 15.0 Å². The van der Waals surface area contributed by atoms with Crippen molar-refractivity contribution < 1.29 is 4.74 Å². The molecular formula is C22H17N3O. The van der Waals surface area contributed by atoms with Crippen molar-refractivity contribution >= 4 is 11.0 Å². The normalized spacial score (nSPS) is 10.6. The van der Waals surface area contributed by atoms with Crippen LogP contribution in [0.2, 0.25) is 0 Å². The minimum Gasteiger partial charge on any atom is -0.486 e. The van der Waals surface area contributed by atoms with Gasteiger partial charge in [0.25, 0.3) is 0 Å². The second kappa shape index (κ2) is 7.12. The zero-order valence-corrected chi connectivity index (χ0v) is 14.2. The molecule has 126 valence electrons. The van der Waals surface area contributed by atoms with E-state index >= 15 is 0 Å². The lowest BCUT2D eigenvalue weighted by molar-refractivity contribution is 0.291. The summed E-state index contributed by atoms with van der Waals surface area (Å²) in [7, 11) is 0. The van der Waals surface area contributed by atoms with E-state index in [-0.39, 0.29) is 0 Å². The fourth-order valence-corrected chi connectivity index (χ4v) is 3.00. The van der Waals surface area contributed by atoms with Gasteiger partial charge in [0.15, 0.2) is 0 Å². The summed E-state index contributed by atoms with van der Waals surface area (Å²) in [6.07, 6.45) is 0. The molecule has 0 unspecified atom stereocenters. The number of imidazole rings is 1. The number of fused-ring (bicyclic) bond motifs is 1. The number of benzene rings is 3. The summed E-state index contributed by atoms with van der Waals surface area (Å²) in [6, 6.07) is 27.6. The Hall–Kier alpha value is -3.58. The number of para-hydroxylation sites is 3. The summed E-state index contributed by atoms with van der Waals surface area (Å²) < 4.78 is 8.06. The van der Waals surface area contributed by atoms with Crippen LogP contribution >= 0.6 is 0 Å². The van der Waals surface area contributed by atoms with E-state index in [9.17, 15) is 0 Å². The molecule has 0 N–H and O–H groups in total. The van der Waals surface area contributed by atoms with Crippen molar-refractivity contribution in [1.82, 2.24) is 9.55 Å². The fourth-order valence-electron chi connectivity index (χ4n) is 3.00. The highest BCUT2D eigenvalue weighted by Crippen LogP contribution is 2.20. The van der Waals surface area contributed by atoms with Crippen LogP contribution in [0.25, 0.3) is 11.0 Å². The average Bonchev–Trinajstić information content (AvgIpc) is 3.05. The van der Waals surface area contributed by atoms with E-state index in [0.717, 1.165) is 28.2 Å². The Kier molecular flexibility index (Phi) is 4.36. The van der Waals surface area contributed by atoms with Crippen molar-refractivity contribution in [3.8, 4) is 11.8 Å². The Bertz CT molecular complexity index is 1080. The Morgan fingerprint density at radius 3 is 2.58 bits per heavy atom. The number of hydrogen-bond donors (Lipinski definition) is 0. The maximum Gasteiger partial charge on any atom is 0.148 e. The number of rotatable bonds is 5. The first-order chi connectivity index (χ1) is 12.8. The molecule has 0 saturated carbocycles. The SMILES string of the molecule is N#Cc1cccc(Cn2c(COc3ccccc3)nc3ccccc32)c1. The van der Waals surface area contributed by atoms with Crippen molar-refractivity contribution in [3.63, 3.8) is 0 Å². The molecule has 26 heavy (non-hydrogen) atoms. The molecule has 0 atom stereocenters. The lowest BCUT2D eigenvalue weighted by Crippen LogP contribution is -2.08. The van der Waals surface area contributed by atoms with Crippen LogP contribution in [-0.2, 0) is 13.2 Å². The van der Waals surface area contributed by atoms with Crippen molar-refractivity contribution in [2.24, 2.45) is 0 Å². The summed E-state index contributed by atoms with van der Waals surface area (Å²) in [6.45, 7) is 1.03. The van der Waals surface area contributed by atoms with Gasteiger partial charge in [-0.2, -0.15) is 5.26 Å². The molecule has 0 spiro atoms. The highest BCUT2D eigenvalue weighted by atomic mass is 16.5. The van der Waals surface area contributed by atoms with Crippen molar-refractivity contribution in [1.29, 1.82) is 5.26 Å². The van der Waals surface area contributed by atoms with E-state index in [1.165, 1.54) is 0 Å². The Labute approximate surface area is 151 Å². The highest BCUT2D eigenvalue weighted by molar-refractivity contribution is 5.76. The number of nitriles is 1. The van der Waals surface area contributed by atoms with Gasteiger partial charge in [0.2, 0.25) is 0 Å². The lowest BCUT2D eigenvalue weighted by atomic mass is 10.1. The quantitative estimate of drug-likeness (QED) is 0.536. The third kappa shape index (κ3) is 3.28. The molecule has 0 radical (unpaired) electrons. The smallest absolute Gasteiger partial charge is 0.148 e. The second-order valence-corrected chi connectivity index (χ2v) is 6.02. The van der Waals surface area contributed by atoms with Gasteiger partial charge in [0, 0.05) is 6.54 Å². The first-order valence-electron chi connectivity index (χ1n) is 8.44. The molecule has 0 fully saturated rings. The standard InChI is InChI=1S/C22H17N3O/c23-14-17-7-6-8-18(13-17)15-25-21-12-5-4-11-20(21)24-22(25)16-26-19-9-2-1-3-10-19/h1-13H,15-16H2. The highest BCUT2D eigenvalue weighted by Gasteiger charge is 2.12. The molecule has 3 aromatic carbocycles. The van der Waals surface area contributed by atoms with Crippen LogP contribution in [0.15, 0.2) is 78.9 Å². The van der Waals surface area contributed by atoms with Crippen molar-refractivity contribution in [2.45, 2.75) is 13.2 Å². The second-order valence-electron chi connectivity index (χ2n) is 6.02. The average molecular weight is 339 g/mol. The molecule has 4 nitrogen and oxygen atoms in total.